The molecule has 5 heteroatoms. The van der Waals surface area contributed by atoms with Crippen LogP contribution in [0.1, 0.15) is 5.56 Å². The van der Waals surface area contributed by atoms with Crippen LogP contribution >= 0.6 is 11.6 Å². The van der Waals surface area contributed by atoms with Gasteiger partial charge in [0.2, 0.25) is 0 Å². The maximum absolute atomic E-state index is 12.7. The largest absolute Gasteiger partial charge is 0.416 e. The van der Waals surface area contributed by atoms with E-state index in [0.717, 1.165) is 23.3 Å². The third-order valence-electron chi connectivity index (χ3n) is 3.39. The molecule has 0 N–H and O–H groups in total. The first-order valence-corrected chi connectivity index (χ1v) is 7.12. The minimum Gasteiger partial charge on any atom is -0.255 e. The highest BCUT2D eigenvalue weighted by atomic mass is 35.5. The number of aromatic nitrogens is 1. The van der Waals surface area contributed by atoms with Crippen molar-refractivity contribution < 1.29 is 13.2 Å². The summed E-state index contributed by atoms with van der Waals surface area (Å²) in [5.41, 5.74) is 2.17. The first-order valence-electron chi connectivity index (χ1n) is 6.75. The van der Waals surface area contributed by atoms with Gasteiger partial charge in [-0.3, -0.25) is 4.98 Å². The lowest BCUT2D eigenvalue weighted by molar-refractivity contribution is -0.137. The van der Waals surface area contributed by atoms with E-state index in [1.54, 1.807) is 18.2 Å². The Balaban J connectivity index is 2.05. The summed E-state index contributed by atoms with van der Waals surface area (Å²) in [5.74, 6) is 0. The molecule has 0 saturated heterocycles. The van der Waals surface area contributed by atoms with Crippen LogP contribution in [0.5, 0.6) is 0 Å². The van der Waals surface area contributed by atoms with Gasteiger partial charge in [-0.05, 0) is 35.9 Å². The number of benzene rings is 2. The molecule has 1 radical (unpaired) electrons. The van der Waals surface area contributed by atoms with E-state index in [4.69, 9.17) is 11.6 Å². The van der Waals surface area contributed by atoms with E-state index in [-0.39, 0.29) is 0 Å². The van der Waals surface area contributed by atoms with E-state index < -0.39 is 11.7 Å². The topological polar surface area (TPSA) is 12.9 Å². The Morgan fingerprint density at radius 3 is 2.09 bits per heavy atom. The van der Waals surface area contributed by atoms with Gasteiger partial charge in [0, 0.05) is 28.4 Å². The lowest BCUT2D eigenvalue weighted by atomic mass is 9.99. The Kier molecular flexibility index (Phi) is 4.09. The molecule has 1 aromatic heterocycles. The molecule has 23 heavy (non-hydrogen) atoms. The normalized spacial score (nSPS) is 11.5. The van der Waals surface area contributed by atoms with Crippen molar-refractivity contribution in [2.24, 2.45) is 0 Å². The van der Waals surface area contributed by atoms with Crippen molar-refractivity contribution >= 4 is 11.6 Å². The summed E-state index contributed by atoms with van der Waals surface area (Å²) in [4.78, 5) is 4.27. The highest BCUT2D eigenvalue weighted by Gasteiger charge is 2.30. The Bertz CT molecular complexity index is 809. The van der Waals surface area contributed by atoms with Gasteiger partial charge in [0.05, 0.1) is 11.3 Å². The molecule has 0 bridgehead atoms. The maximum atomic E-state index is 12.7. The molecular formula is C18H10ClF3N. The Morgan fingerprint density at radius 1 is 0.870 bits per heavy atom. The van der Waals surface area contributed by atoms with Gasteiger partial charge in [0.25, 0.3) is 0 Å². The summed E-state index contributed by atoms with van der Waals surface area (Å²) in [5, 5.41) is 0.609. The van der Waals surface area contributed by atoms with Gasteiger partial charge in [-0.15, -0.1) is 0 Å². The summed E-state index contributed by atoms with van der Waals surface area (Å²) in [6.07, 6.45) is -2.86. The minimum atomic E-state index is -4.35. The molecule has 0 aliphatic rings. The quantitative estimate of drug-likeness (QED) is 0.570. The lowest BCUT2D eigenvalue weighted by Gasteiger charge is -2.11. The van der Waals surface area contributed by atoms with E-state index in [9.17, 15) is 13.2 Å². The second kappa shape index (κ2) is 6.05. The third kappa shape index (κ3) is 3.37. The number of pyridine rings is 1. The van der Waals surface area contributed by atoms with E-state index in [2.05, 4.69) is 11.1 Å². The Hall–Kier alpha value is -2.33. The smallest absolute Gasteiger partial charge is 0.255 e. The van der Waals surface area contributed by atoms with Crippen LogP contribution in [0.25, 0.3) is 22.4 Å². The van der Waals surface area contributed by atoms with Crippen molar-refractivity contribution in [1.29, 1.82) is 0 Å². The molecule has 0 spiro atoms. The predicted molar refractivity (Wildman–Crippen MR) is 84.0 cm³/mol. The third-order valence-corrected chi connectivity index (χ3v) is 3.64. The molecule has 2 aromatic carbocycles. The average Bonchev–Trinajstić information content (AvgIpc) is 2.55. The number of alkyl halides is 3. The van der Waals surface area contributed by atoms with Gasteiger partial charge in [-0.1, -0.05) is 35.9 Å². The minimum absolute atomic E-state index is 0.597. The van der Waals surface area contributed by atoms with Gasteiger partial charge in [-0.2, -0.15) is 13.2 Å². The molecule has 0 unspecified atom stereocenters. The standard InChI is InChI=1S/C18H10ClF3N/c19-15-9-5-12(6-10-15)16-2-1-11-23-17(16)13-3-7-14(8-4-13)18(20,21)22/h2-11H. The number of hydrogen-bond donors (Lipinski definition) is 0. The van der Waals surface area contributed by atoms with Crippen LogP contribution < -0.4 is 0 Å². The average molecular weight is 333 g/mol. The fourth-order valence-electron chi connectivity index (χ4n) is 2.26. The van der Waals surface area contributed by atoms with Crippen molar-refractivity contribution in [3.63, 3.8) is 0 Å². The van der Waals surface area contributed by atoms with Gasteiger partial charge >= 0.3 is 6.18 Å². The summed E-state index contributed by atoms with van der Waals surface area (Å²) in [6.45, 7) is 0. The number of halogens is 4. The number of rotatable bonds is 2. The van der Waals surface area contributed by atoms with E-state index in [1.807, 2.05) is 12.1 Å². The first kappa shape index (κ1) is 15.6. The van der Waals surface area contributed by atoms with Crippen LogP contribution in [0.3, 0.4) is 0 Å². The molecule has 115 valence electrons. The monoisotopic (exact) mass is 332 g/mol. The highest BCUT2D eigenvalue weighted by molar-refractivity contribution is 6.30. The molecular weight excluding hydrogens is 323 g/mol. The zero-order valence-corrected chi connectivity index (χ0v) is 12.5. The second-order valence-corrected chi connectivity index (χ2v) is 5.35. The summed E-state index contributed by atoms with van der Waals surface area (Å²) in [6, 6.07) is 16.8. The van der Waals surface area contributed by atoms with Crippen molar-refractivity contribution in [3.05, 3.63) is 77.4 Å². The molecule has 3 aromatic rings. The van der Waals surface area contributed by atoms with Crippen molar-refractivity contribution in [2.45, 2.75) is 6.18 Å². The van der Waals surface area contributed by atoms with E-state index in [0.29, 0.717) is 16.3 Å². The highest BCUT2D eigenvalue weighted by Crippen LogP contribution is 2.34. The van der Waals surface area contributed by atoms with E-state index in [1.165, 1.54) is 18.3 Å². The summed E-state index contributed by atoms with van der Waals surface area (Å²) >= 11 is 5.89. The zero-order valence-electron chi connectivity index (χ0n) is 11.7. The molecule has 1 nitrogen and oxygen atoms in total. The van der Waals surface area contributed by atoms with Crippen LogP contribution in [0, 0.1) is 6.07 Å². The van der Waals surface area contributed by atoms with Crippen LogP contribution in [-0.2, 0) is 6.18 Å². The Morgan fingerprint density at radius 2 is 1.48 bits per heavy atom. The second-order valence-electron chi connectivity index (χ2n) is 4.91. The van der Waals surface area contributed by atoms with Crippen molar-refractivity contribution in [1.82, 2.24) is 4.98 Å². The van der Waals surface area contributed by atoms with Crippen molar-refractivity contribution in [2.75, 3.05) is 0 Å². The Labute approximate surface area is 136 Å². The molecule has 1 heterocycles. The molecule has 0 aliphatic heterocycles. The van der Waals surface area contributed by atoms with E-state index >= 15 is 0 Å². The van der Waals surface area contributed by atoms with Crippen molar-refractivity contribution in [3.8, 4) is 22.4 Å². The fourth-order valence-corrected chi connectivity index (χ4v) is 2.38. The van der Waals surface area contributed by atoms with Gasteiger partial charge in [0.15, 0.2) is 0 Å². The molecule has 0 fully saturated rings. The first-order chi connectivity index (χ1) is 10.9. The fraction of sp³-hybridized carbons (Fsp3) is 0.0556. The molecule has 0 atom stereocenters. The molecule has 3 rings (SSSR count). The summed E-state index contributed by atoms with van der Waals surface area (Å²) in [7, 11) is 0. The molecule has 0 amide bonds. The summed E-state index contributed by atoms with van der Waals surface area (Å²) < 4.78 is 38.0. The lowest BCUT2D eigenvalue weighted by Crippen LogP contribution is -2.04. The van der Waals surface area contributed by atoms with Gasteiger partial charge in [-0.25, -0.2) is 0 Å². The van der Waals surface area contributed by atoms with Gasteiger partial charge < -0.3 is 0 Å². The van der Waals surface area contributed by atoms with Crippen LogP contribution in [0.15, 0.2) is 60.8 Å². The van der Waals surface area contributed by atoms with Gasteiger partial charge in [0.1, 0.15) is 0 Å². The van der Waals surface area contributed by atoms with Crippen LogP contribution in [0.4, 0.5) is 13.2 Å². The van der Waals surface area contributed by atoms with Crippen LogP contribution in [0.2, 0.25) is 5.02 Å². The molecule has 0 saturated carbocycles. The predicted octanol–water partition coefficient (Wildman–Crippen LogP) is 5.89. The maximum Gasteiger partial charge on any atom is 0.416 e. The number of hydrogen-bond acceptors (Lipinski definition) is 1. The molecule has 0 aliphatic carbocycles. The number of nitrogens with zero attached hydrogens (tertiary/aromatic N) is 1. The van der Waals surface area contributed by atoms with Crippen LogP contribution in [-0.4, -0.2) is 4.98 Å². The zero-order chi connectivity index (χ0) is 16.4. The SMILES string of the molecule is FC(F)(F)c1ccc(-c2nc[c]cc2-c2ccc(Cl)cc2)cc1.